The molecule has 0 bridgehead atoms. The van der Waals surface area contributed by atoms with Gasteiger partial charge >= 0.3 is 0 Å². The van der Waals surface area contributed by atoms with Crippen molar-refractivity contribution >= 4 is 29.1 Å². The first-order valence-electron chi connectivity index (χ1n) is 8.77. The van der Waals surface area contributed by atoms with Gasteiger partial charge in [-0.25, -0.2) is 0 Å². The molecule has 144 valence electrons. The van der Waals surface area contributed by atoms with Gasteiger partial charge in [-0.2, -0.15) is 0 Å². The van der Waals surface area contributed by atoms with E-state index < -0.39 is 0 Å². The Bertz CT molecular complexity index is 777. The maximum absolute atomic E-state index is 12.6. The number of morpholine rings is 1. The molecule has 1 saturated heterocycles. The highest BCUT2D eigenvalue weighted by Gasteiger charge is 2.24. The van der Waals surface area contributed by atoms with E-state index in [1.807, 2.05) is 24.3 Å². The van der Waals surface area contributed by atoms with Crippen molar-refractivity contribution in [2.24, 2.45) is 0 Å². The average Bonchev–Trinajstić information content (AvgIpc) is 2.71. The molecule has 0 saturated carbocycles. The van der Waals surface area contributed by atoms with Gasteiger partial charge in [0.2, 0.25) is 0 Å². The lowest BCUT2D eigenvalue weighted by molar-refractivity contribution is 0.0162. The number of amides is 1. The van der Waals surface area contributed by atoms with Gasteiger partial charge in [0.05, 0.1) is 37.0 Å². The molecule has 7 heteroatoms. The number of rotatable bonds is 6. The molecule has 27 heavy (non-hydrogen) atoms. The summed E-state index contributed by atoms with van der Waals surface area (Å²) >= 11 is 12.1. The van der Waals surface area contributed by atoms with Crippen LogP contribution in [-0.4, -0.2) is 50.8 Å². The molecule has 3 rings (SSSR count). The van der Waals surface area contributed by atoms with Crippen molar-refractivity contribution in [1.29, 1.82) is 0 Å². The Morgan fingerprint density at radius 2 is 1.89 bits per heavy atom. The number of benzene rings is 2. The number of ether oxygens (including phenoxy) is 2. The van der Waals surface area contributed by atoms with E-state index in [-0.39, 0.29) is 11.9 Å². The van der Waals surface area contributed by atoms with Crippen LogP contribution in [0.3, 0.4) is 0 Å². The number of nitrogens with one attached hydrogen (secondary N) is 1. The number of hydrogen-bond donors (Lipinski definition) is 1. The Kier molecular flexibility index (Phi) is 6.96. The lowest BCUT2D eigenvalue weighted by Gasteiger charge is -2.35. The first kappa shape index (κ1) is 20.0. The van der Waals surface area contributed by atoms with Gasteiger partial charge in [-0.3, -0.25) is 9.69 Å². The van der Waals surface area contributed by atoms with Gasteiger partial charge in [0.25, 0.3) is 5.91 Å². The van der Waals surface area contributed by atoms with Gasteiger partial charge in [0.1, 0.15) is 5.75 Å². The van der Waals surface area contributed by atoms with Crippen LogP contribution in [0.25, 0.3) is 0 Å². The third-order valence-electron chi connectivity index (χ3n) is 4.62. The van der Waals surface area contributed by atoms with Crippen molar-refractivity contribution in [2.75, 3.05) is 40.0 Å². The molecule has 0 spiro atoms. The van der Waals surface area contributed by atoms with Crippen LogP contribution in [0.1, 0.15) is 22.0 Å². The second kappa shape index (κ2) is 9.42. The summed E-state index contributed by atoms with van der Waals surface area (Å²) in [6, 6.07) is 12.8. The van der Waals surface area contributed by atoms with Gasteiger partial charge < -0.3 is 14.8 Å². The Labute approximate surface area is 169 Å². The van der Waals surface area contributed by atoms with Gasteiger partial charge in [0.15, 0.2) is 0 Å². The number of halogens is 2. The highest BCUT2D eigenvalue weighted by Crippen LogP contribution is 2.25. The summed E-state index contributed by atoms with van der Waals surface area (Å²) in [4.78, 5) is 14.9. The fourth-order valence-corrected chi connectivity index (χ4v) is 3.50. The van der Waals surface area contributed by atoms with Crippen LogP contribution >= 0.6 is 23.2 Å². The predicted molar refractivity (Wildman–Crippen MR) is 107 cm³/mol. The van der Waals surface area contributed by atoms with Gasteiger partial charge in [0, 0.05) is 24.7 Å². The first-order valence-corrected chi connectivity index (χ1v) is 9.53. The van der Waals surface area contributed by atoms with E-state index in [1.54, 1.807) is 25.3 Å². The van der Waals surface area contributed by atoms with Crippen LogP contribution in [0, 0.1) is 0 Å². The zero-order chi connectivity index (χ0) is 19.2. The second-order valence-corrected chi connectivity index (χ2v) is 7.12. The van der Waals surface area contributed by atoms with Crippen LogP contribution in [0.4, 0.5) is 0 Å². The summed E-state index contributed by atoms with van der Waals surface area (Å²) in [7, 11) is 1.64. The molecule has 0 aliphatic carbocycles. The number of hydrogen-bond acceptors (Lipinski definition) is 4. The topological polar surface area (TPSA) is 50.8 Å². The molecule has 1 heterocycles. The first-order chi connectivity index (χ1) is 13.1. The second-order valence-electron chi connectivity index (χ2n) is 6.27. The molecular formula is C20H22Cl2N2O3. The van der Waals surface area contributed by atoms with Crippen LogP contribution < -0.4 is 10.1 Å². The van der Waals surface area contributed by atoms with E-state index in [2.05, 4.69) is 10.2 Å². The molecule has 0 aromatic heterocycles. The summed E-state index contributed by atoms with van der Waals surface area (Å²) < 4.78 is 10.7. The van der Waals surface area contributed by atoms with Crippen molar-refractivity contribution < 1.29 is 14.3 Å². The van der Waals surface area contributed by atoms with Crippen molar-refractivity contribution in [3.63, 3.8) is 0 Å². The molecule has 1 aliphatic heterocycles. The average molecular weight is 409 g/mol. The minimum Gasteiger partial charge on any atom is -0.497 e. The lowest BCUT2D eigenvalue weighted by atomic mass is 10.0. The fourth-order valence-electron chi connectivity index (χ4n) is 3.13. The Hall–Kier alpha value is -1.79. The summed E-state index contributed by atoms with van der Waals surface area (Å²) in [5, 5.41) is 3.85. The van der Waals surface area contributed by atoms with Crippen LogP contribution in [-0.2, 0) is 4.74 Å². The molecule has 1 unspecified atom stereocenters. The van der Waals surface area contributed by atoms with E-state index in [0.29, 0.717) is 35.4 Å². The third kappa shape index (κ3) is 5.14. The van der Waals surface area contributed by atoms with E-state index in [9.17, 15) is 4.79 Å². The van der Waals surface area contributed by atoms with Crippen molar-refractivity contribution in [1.82, 2.24) is 10.2 Å². The van der Waals surface area contributed by atoms with E-state index in [4.69, 9.17) is 32.7 Å². The van der Waals surface area contributed by atoms with Crippen molar-refractivity contribution in [3.05, 3.63) is 63.6 Å². The Balaban J connectivity index is 1.76. The minimum atomic E-state index is -0.241. The zero-order valence-electron chi connectivity index (χ0n) is 15.1. The van der Waals surface area contributed by atoms with Crippen molar-refractivity contribution in [3.8, 4) is 5.75 Å². The molecule has 2 aromatic rings. The molecule has 1 atom stereocenters. The van der Waals surface area contributed by atoms with E-state index in [0.717, 1.165) is 24.4 Å². The maximum Gasteiger partial charge on any atom is 0.252 e. The highest BCUT2D eigenvalue weighted by atomic mass is 35.5. The number of nitrogens with zero attached hydrogens (tertiary/aromatic N) is 1. The molecule has 1 fully saturated rings. The lowest BCUT2D eigenvalue weighted by Crippen LogP contribution is -2.43. The minimum absolute atomic E-state index is 0.0294. The number of carbonyl (C=O) groups excluding carboxylic acids is 1. The smallest absolute Gasteiger partial charge is 0.252 e. The number of carbonyl (C=O) groups is 1. The third-order valence-corrected chi connectivity index (χ3v) is 5.18. The van der Waals surface area contributed by atoms with E-state index in [1.165, 1.54) is 0 Å². The Morgan fingerprint density at radius 3 is 2.56 bits per heavy atom. The zero-order valence-corrected chi connectivity index (χ0v) is 16.6. The molecule has 1 N–H and O–H groups in total. The quantitative estimate of drug-likeness (QED) is 0.789. The molecular weight excluding hydrogens is 387 g/mol. The van der Waals surface area contributed by atoms with Crippen LogP contribution in [0.15, 0.2) is 42.5 Å². The molecule has 5 nitrogen and oxygen atoms in total. The monoisotopic (exact) mass is 408 g/mol. The van der Waals surface area contributed by atoms with Crippen LogP contribution in [0.5, 0.6) is 5.75 Å². The molecule has 1 amide bonds. The van der Waals surface area contributed by atoms with Gasteiger partial charge in [-0.05, 0) is 35.9 Å². The maximum atomic E-state index is 12.6. The van der Waals surface area contributed by atoms with E-state index >= 15 is 0 Å². The molecule has 0 radical (unpaired) electrons. The molecule has 2 aromatic carbocycles. The predicted octanol–water partition coefficient (Wildman–Crippen LogP) is 3.81. The molecule has 1 aliphatic rings. The van der Waals surface area contributed by atoms with Gasteiger partial charge in [-0.1, -0.05) is 35.3 Å². The van der Waals surface area contributed by atoms with Crippen LogP contribution in [0.2, 0.25) is 10.0 Å². The SMILES string of the molecule is COc1ccc(C(CNC(=O)c2cc(Cl)ccc2Cl)N2CCOCC2)cc1. The Morgan fingerprint density at radius 1 is 1.19 bits per heavy atom. The normalized spacial score (nSPS) is 16.0. The number of methoxy groups -OCH3 is 1. The largest absolute Gasteiger partial charge is 0.497 e. The summed E-state index contributed by atoms with van der Waals surface area (Å²) in [5.41, 5.74) is 1.48. The van der Waals surface area contributed by atoms with Crippen molar-refractivity contribution in [2.45, 2.75) is 6.04 Å². The summed E-state index contributed by atoms with van der Waals surface area (Å²) in [6.07, 6.45) is 0. The fraction of sp³-hybridized carbons (Fsp3) is 0.350. The highest BCUT2D eigenvalue weighted by molar-refractivity contribution is 6.35. The standard InChI is InChI=1S/C20H22Cl2N2O3/c1-26-16-5-2-14(3-6-16)19(24-8-10-27-11-9-24)13-23-20(25)17-12-15(21)4-7-18(17)22/h2-7,12,19H,8-11,13H2,1H3,(H,23,25). The van der Waals surface area contributed by atoms with Gasteiger partial charge in [-0.15, -0.1) is 0 Å². The summed E-state index contributed by atoms with van der Waals surface area (Å²) in [5.74, 6) is 0.559. The summed E-state index contributed by atoms with van der Waals surface area (Å²) in [6.45, 7) is 3.43.